The first-order valence-electron chi connectivity index (χ1n) is 5.77. The number of nitrogens with one attached hydrogen (secondary N) is 1. The highest BCUT2D eigenvalue weighted by Gasteiger charge is 2.25. The summed E-state index contributed by atoms with van der Waals surface area (Å²) < 4.78 is 0. The molecule has 94 valence electrons. The SMILES string of the molecule is Cc1cncc(C(=O)NC(CN)C(C)(C)C)c1. The molecule has 1 rings (SSSR count). The molecule has 0 aliphatic heterocycles. The molecule has 17 heavy (non-hydrogen) atoms. The molecule has 0 aliphatic carbocycles. The number of rotatable bonds is 3. The van der Waals surface area contributed by atoms with E-state index in [1.807, 2.05) is 13.0 Å². The molecular formula is C13H21N3O. The summed E-state index contributed by atoms with van der Waals surface area (Å²) in [5.74, 6) is -0.119. The van der Waals surface area contributed by atoms with E-state index in [0.29, 0.717) is 12.1 Å². The summed E-state index contributed by atoms with van der Waals surface area (Å²) in [6.07, 6.45) is 3.29. The van der Waals surface area contributed by atoms with Gasteiger partial charge in [0.2, 0.25) is 0 Å². The van der Waals surface area contributed by atoms with E-state index >= 15 is 0 Å². The molecule has 0 saturated heterocycles. The minimum absolute atomic E-state index is 0.0458. The second kappa shape index (κ2) is 5.27. The zero-order chi connectivity index (χ0) is 13.1. The summed E-state index contributed by atoms with van der Waals surface area (Å²) in [5, 5.41) is 2.95. The van der Waals surface area contributed by atoms with Gasteiger partial charge in [-0.2, -0.15) is 0 Å². The standard InChI is InChI=1S/C13H21N3O/c1-9-5-10(8-15-7-9)12(17)16-11(6-14)13(2,3)4/h5,7-8,11H,6,14H2,1-4H3,(H,16,17). The Kier molecular flexibility index (Phi) is 4.23. The Bertz CT molecular complexity index is 396. The maximum atomic E-state index is 12.0. The topological polar surface area (TPSA) is 68.0 Å². The first-order chi connectivity index (χ1) is 7.84. The highest BCUT2D eigenvalue weighted by atomic mass is 16.1. The molecule has 4 nitrogen and oxygen atoms in total. The molecule has 1 atom stereocenters. The Labute approximate surface area is 103 Å². The second-order valence-corrected chi connectivity index (χ2v) is 5.38. The van der Waals surface area contributed by atoms with Crippen LogP contribution in [0.3, 0.4) is 0 Å². The van der Waals surface area contributed by atoms with E-state index in [1.165, 1.54) is 0 Å². The molecule has 0 aromatic carbocycles. The van der Waals surface area contributed by atoms with Crippen molar-refractivity contribution in [3.8, 4) is 0 Å². The fourth-order valence-electron chi connectivity index (χ4n) is 1.55. The Hall–Kier alpha value is -1.42. The van der Waals surface area contributed by atoms with E-state index < -0.39 is 0 Å². The van der Waals surface area contributed by atoms with Gasteiger partial charge in [0.05, 0.1) is 5.56 Å². The number of aryl methyl sites for hydroxylation is 1. The maximum absolute atomic E-state index is 12.0. The molecule has 1 heterocycles. The highest BCUT2D eigenvalue weighted by Crippen LogP contribution is 2.18. The number of aromatic nitrogens is 1. The summed E-state index contributed by atoms with van der Waals surface area (Å²) >= 11 is 0. The third kappa shape index (κ3) is 3.82. The smallest absolute Gasteiger partial charge is 0.253 e. The highest BCUT2D eigenvalue weighted by molar-refractivity contribution is 5.94. The Morgan fingerprint density at radius 2 is 2.12 bits per heavy atom. The van der Waals surface area contributed by atoms with Crippen LogP contribution in [0, 0.1) is 12.3 Å². The van der Waals surface area contributed by atoms with Crippen molar-refractivity contribution in [2.45, 2.75) is 33.7 Å². The Morgan fingerprint density at radius 1 is 1.47 bits per heavy atom. The van der Waals surface area contributed by atoms with Gasteiger partial charge >= 0.3 is 0 Å². The van der Waals surface area contributed by atoms with Gasteiger partial charge in [0.15, 0.2) is 0 Å². The summed E-state index contributed by atoms with van der Waals surface area (Å²) in [6, 6.07) is 1.77. The average molecular weight is 235 g/mol. The maximum Gasteiger partial charge on any atom is 0.253 e. The molecule has 1 aromatic heterocycles. The normalized spacial score (nSPS) is 13.2. The van der Waals surface area contributed by atoms with Crippen LogP contribution in [-0.4, -0.2) is 23.5 Å². The van der Waals surface area contributed by atoms with Crippen LogP contribution in [0.1, 0.15) is 36.7 Å². The van der Waals surface area contributed by atoms with Crippen molar-refractivity contribution < 1.29 is 4.79 Å². The van der Waals surface area contributed by atoms with Crippen molar-refractivity contribution >= 4 is 5.91 Å². The fraction of sp³-hybridized carbons (Fsp3) is 0.538. The van der Waals surface area contributed by atoms with Crippen molar-refractivity contribution in [1.82, 2.24) is 10.3 Å². The molecule has 0 bridgehead atoms. The van der Waals surface area contributed by atoms with Crippen LogP contribution in [0.25, 0.3) is 0 Å². The number of nitrogens with two attached hydrogens (primary N) is 1. The van der Waals surface area contributed by atoms with Gasteiger partial charge in [-0.3, -0.25) is 9.78 Å². The fourth-order valence-corrected chi connectivity index (χ4v) is 1.55. The molecule has 0 radical (unpaired) electrons. The zero-order valence-corrected chi connectivity index (χ0v) is 10.9. The number of amides is 1. The average Bonchev–Trinajstić information content (AvgIpc) is 2.23. The van der Waals surface area contributed by atoms with E-state index in [9.17, 15) is 4.79 Å². The minimum Gasteiger partial charge on any atom is -0.347 e. The van der Waals surface area contributed by atoms with Gasteiger partial charge in [-0.05, 0) is 24.0 Å². The number of hydrogen-bond acceptors (Lipinski definition) is 3. The molecule has 1 unspecified atom stereocenters. The Balaban J connectivity index is 2.78. The third-order valence-electron chi connectivity index (χ3n) is 2.72. The molecule has 0 aliphatic rings. The van der Waals surface area contributed by atoms with Crippen LogP contribution in [0.15, 0.2) is 18.5 Å². The van der Waals surface area contributed by atoms with Crippen molar-refractivity contribution in [1.29, 1.82) is 0 Å². The third-order valence-corrected chi connectivity index (χ3v) is 2.72. The molecule has 0 saturated carbocycles. The summed E-state index contributed by atoms with van der Waals surface area (Å²) in [6.45, 7) is 8.50. The lowest BCUT2D eigenvalue weighted by atomic mass is 9.86. The lowest BCUT2D eigenvalue weighted by Gasteiger charge is -2.30. The van der Waals surface area contributed by atoms with Gasteiger partial charge in [-0.15, -0.1) is 0 Å². The summed E-state index contributed by atoms with van der Waals surface area (Å²) in [4.78, 5) is 16.0. The zero-order valence-electron chi connectivity index (χ0n) is 10.9. The lowest BCUT2D eigenvalue weighted by Crippen LogP contribution is -2.48. The predicted molar refractivity (Wildman–Crippen MR) is 68.7 cm³/mol. The molecule has 3 N–H and O–H groups in total. The number of hydrogen-bond donors (Lipinski definition) is 2. The van der Waals surface area contributed by atoms with Gasteiger partial charge < -0.3 is 11.1 Å². The molecule has 1 amide bonds. The summed E-state index contributed by atoms with van der Waals surface area (Å²) in [7, 11) is 0. The van der Waals surface area contributed by atoms with E-state index in [2.05, 4.69) is 31.1 Å². The number of carbonyl (C=O) groups excluding carboxylic acids is 1. The molecule has 1 aromatic rings. The van der Waals surface area contributed by atoms with E-state index in [1.54, 1.807) is 12.4 Å². The van der Waals surface area contributed by atoms with Crippen molar-refractivity contribution in [3.05, 3.63) is 29.6 Å². The molecule has 0 spiro atoms. The molecule has 4 heteroatoms. The van der Waals surface area contributed by atoms with E-state index in [4.69, 9.17) is 5.73 Å². The van der Waals surface area contributed by atoms with Crippen molar-refractivity contribution in [2.24, 2.45) is 11.1 Å². The minimum atomic E-state index is -0.119. The number of carbonyl (C=O) groups is 1. The largest absolute Gasteiger partial charge is 0.347 e. The monoisotopic (exact) mass is 235 g/mol. The van der Waals surface area contributed by atoms with Gasteiger partial charge in [0, 0.05) is 25.0 Å². The predicted octanol–water partition coefficient (Wildman–Crippen LogP) is 1.49. The van der Waals surface area contributed by atoms with Crippen LogP contribution >= 0.6 is 0 Å². The molecular weight excluding hydrogens is 214 g/mol. The van der Waals surface area contributed by atoms with Gasteiger partial charge in [-0.25, -0.2) is 0 Å². The lowest BCUT2D eigenvalue weighted by molar-refractivity contribution is 0.0905. The Morgan fingerprint density at radius 3 is 2.59 bits per heavy atom. The second-order valence-electron chi connectivity index (χ2n) is 5.38. The first kappa shape index (κ1) is 13.6. The van der Waals surface area contributed by atoms with Gasteiger partial charge in [0.1, 0.15) is 0 Å². The quantitative estimate of drug-likeness (QED) is 0.834. The van der Waals surface area contributed by atoms with Crippen molar-refractivity contribution in [2.75, 3.05) is 6.54 Å². The number of nitrogens with zero attached hydrogens (tertiary/aromatic N) is 1. The van der Waals surface area contributed by atoms with E-state index in [0.717, 1.165) is 5.56 Å². The van der Waals surface area contributed by atoms with Gasteiger partial charge in [0.25, 0.3) is 5.91 Å². The van der Waals surface area contributed by atoms with Crippen LogP contribution in [0.4, 0.5) is 0 Å². The summed E-state index contributed by atoms with van der Waals surface area (Å²) in [5.41, 5.74) is 7.18. The molecule has 0 fully saturated rings. The van der Waals surface area contributed by atoms with E-state index in [-0.39, 0.29) is 17.4 Å². The van der Waals surface area contributed by atoms with Crippen LogP contribution < -0.4 is 11.1 Å². The van der Waals surface area contributed by atoms with Crippen LogP contribution in [-0.2, 0) is 0 Å². The van der Waals surface area contributed by atoms with Crippen LogP contribution in [0.5, 0.6) is 0 Å². The van der Waals surface area contributed by atoms with Gasteiger partial charge in [-0.1, -0.05) is 20.8 Å². The number of pyridine rings is 1. The van der Waals surface area contributed by atoms with Crippen molar-refractivity contribution in [3.63, 3.8) is 0 Å². The van der Waals surface area contributed by atoms with Crippen LogP contribution in [0.2, 0.25) is 0 Å². The first-order valence-corrected chi connectivity index (χ1v) is 5.77.